The number of nitrogen functional groups attached to an aromatic ring is 1. The molecule has 0 atom stereocenters. The molecular formula is C12H11N3O. The van der Waals surface area contributed by atoms with Crippen LogP contribution in [0.25, 0.3) is 22.0 Å². The molecule has 1 aromatic carbocycles. The lowest BCUT2D eigenvalue weighted by Crippen LogP contribution is -1.92. The molecule has 0 radical (unpaired) electrons. The molecule has 3 rings (SSSR count). The zero-order valence-electron chi connectivity index (χ0n) is 8.90. The van der Waals surface area contributed by atoms with Crippen LogP contribution < -0.4 is 5.73 Å². The van der Waals surface area contributed by atoms with Crippen molar-refractivity contribution in [3.63, 3.8) is 0 Å². The van der Waals surface area contributed by atoms with Gasteiger partial charge in [-0.05, 0) is 12.1 Å². The van der Waals surface area contributed by atoms with Crippen LogP contribution in [0.5, 0.6) is 0 Å². The number of hydrogen-bond donors (Lipinski definition) is 1. The second-order valence-electron chi connectivity index (χ2n) is 3.65. The Morgan fingerprint density at radius 2 is 2.06 bits per heavy atom. The molecule has 2 heterocycles. The number of aromatic nitrogens is 2. The van der Waals surface area contributed by atoms with Crippen LogP contribution in [0.4, 0.5) is 5.82 Å². The normalized spacial score (nSPS) is 11.3. The van der Waals surface area contributed by atoms with Crippen LogP contribution in [0.1, 0.15) is 12.8 Å². The van der Waals surface area contributed by atoms with E-state index < -0.39 is 0 Å². The molecule has 0 aliphatic heterocycles. The van der Waals surface area contributed by atoms with Gasteiger partial charge >= 0.3 is 0 Å². The first-order valence-electron chi connectivity index (χ1n) is 5.23. The van der Waals surface area contributed by atoms with Gasteiger partial charge in [0.15, 0.2) is 22.8 Å². The smallest absolute Gasteiger partial charge is 0.195 e. The maximum absolute atomic E-state index is 5.86. The lowest BCUT2D eigenvalue weighted by atomic mass is 10.2. The van der Waals surface area contributed by atoms with Gasteiger partial charge in [0.1, 0.15) is 0 Å². The summed E-state index contributed by atoms with van der Waals surface area (Å²) in [5.41, 5.74) is 8.09. The molecule has 0 amide bonds. The summed E-state index contributed by atoms with van der Waals surface area (Å²) >= 11 is 0. The molecule has 0 fully saturated rings. The number of benzene rings is 1. The van der Waals surface area contributed by atoms with Gasteiger partial charge in [-0.25, -0.2) is 9.97 Å². The van der Waals surface area contributed by atoms with Gasteiger partial charge in [0.2, 0.25) is 0 Å². The molecule has 4 nitrogen and oxygen atoms in total. The molecule has 2 N–H and O–H groups in total. The maximum Gasteiger partial charge on any atom is 0.195 e. The van der Waals surface area contributed by atoms with Crippen molar-refractivity contribution >= 4 is 27.8 Å². The first-order valence-corrected chi connectivity index (χ1v) is 5.23. The topological polar surface area (TPSA) is 64.9 Å². The summed E-state index contributed by atoms with van der Waals surface area (Å²) in [7, 11) is 0. The highest BCUT2D eigenvalue weighted by atomic mass is 16.3. The third-order valence-corrected chi connectivity index (χ3v) is 2.61. The zero-order valence-corrected chi connectivity index (χ0v) is 8.90. The van der Waals surface area contributed by atoms with Crippen molar-refractivity contribution in [1.82, 2.24) is 9.97 Å². The van der Waals surface area contributed by atoms with E-state index in [9.17, 15) is 0 Å². The van der Waals surface area contributed by atoms with Crippen LogP contribution in [0.3, 0.4) is 0 Å². The molecule has 0 bridgehead atoms. The van der Waals surface area contributed by atoms with E-state index in [2.05, 4.69) is 9.97 Å². The number of hydrogen-bond acceptors (Lipinski definition) is 4. The van der Waals surface area contributed by atoms with E-state index in [1.54, 1.807) is 0 Å². The molecule has 3 aromatic rings. The molecule has 0 unspecified atom stereocenters. The molecule has 0 saturated heterocycles. The molecule has 0 aliphatic rings. The van der Waals surface area contributed by atoms with Gasteiger partial charge in [0, 0.05) is 11.8 Å². The Balaban J connectivity index is 2.52. The Labute approximate surface area is 92.1 Å². The Bertz CT molecular complexity index is 672. The molecule has 2 aromatic heterocycles. The van der Waals surface area contributed by atoms with Gasteiger partial charge < -0.3 is 10.2 Å². The Morgan fingerprint density at radius 3 is 2.88 bits per heavy atom. The Hall–Kier alpha value is -2.10. The van der Waals surface area contributed by atoms with Gasteiger partial charge in [-0.15, -0.1) is 0 Å². The summed E-state index contributed by atoms with van der Waals surface area (Å²) < 4.78 is 5.68. The highest BCUT2D eigenvalue weighted by Gasteiger charge is 2.12. The molecule has 0 spiro atoms. The standard InChI is InChI=1S/C12H11N3O/c1-2-9-15-10-11(16-9)7-5-3-4-6-8(7)14-12(10)13/h3-6H,2H2,1H3,(H2,13,14). The zero-order chi connectivity index (χ0) is 11.1. The number of nitrogens with zero attached hydrogens (tertiary/aromatic N) is 2. The number of anilines is 1. The number of pyridine rings is 1. The minimum absolute atomic E-state index is 0.428. The van der Waals surface area contributed by atoms with Gasteiger partial charge in [-0.2, -0.15) is 0 Å². The fraction of sp³-hybridized carbons (Fsp3) is 0.167. The lowest BCUT2D eigenvalue weighted by molar-refractivity contribution is 0.540. The SMILES string of the molecule is CCc1nc2c(N)nc3ccccc3c2o1. The molecule has 16 heavy (non-hydrogen) atoms. The van der Waals surface area contributed by atoms with Crippen molar-refractivity contribution in [2.45, 2.75) is 13.3 Å². The highest BCUT2D eigenvalue weighted by Crippen LogP contribution is 2.28. The van der Waals surface area contributed by atoms with Crippen LogP contribution in [-0.2, 0) is 6.42 Å². The summed E-state index contributed by atoms with van der Waals surface area (Å²) in [4.78, 5) is 8.63. The number of rotatable bonds is 1. The third kappa shape index (κ3) is 1.16. The number of aryl methyl sites for hydroxylation is 1. The van der Waals surface area contributed by atoms with Crippen molar-refractivity contribution < 1.29 is 4.42 Å². The molecule has 80 valence electrons. The van der Waals surface area contributed by atoms with E-state index in [1.807, 2.05) is 31.2 Å². The predicted molar refractivity (Wildman–Crippen MR) is 63.1 cm³/mol. The molecule has 0 aliphatic carbocycles. The van der Waals surface area contributed by atoms with E-state index in [0.717, 1.165) is 22.9 Å². The van der Waals surface area contributed by atoms with Crippen LogP contribution >= 0.6 is 0 Å². The number of fused-ring (bicyclic) bond motifs is 3. The Kier molecular flexibility index (Phi) is 1.83. The quantitative estimate of drug-likeness (QED) is 0.674. The fourth-order valence-electron chi connectivity index (χ4n) is 1.82. The van der Waals surface area contributed by atoms with Crippen LogP contribution in [0.15, 0.2) is 28.7 Å². The van der Waals surface area contributed by atoms with Crippen molar-refractivity contribution in [2.24, 2.45) is 0 Å². The largest absolute Gasteiger partial charge is 0.440 e. The van der Waals surface area contributed by atoms with Gasteiger partial charge in [-0.1, -0.05) is 19.1 Å². The Morgan fingerprint density at radius 1 is 1.25 bits per heavy atom. The molecular weight excluding hydrogens is 202 g/mol. The maximum atomic E-state index is 5.86. The van der Waals surface area contributed by atoms with E-state index in [-0.39, 0.29) is 0 Å². The van der Waals surface area contributed by atoms with Crippen molar-refractivity contribution in [1.29, 1.82) is 0 Å². The second-order valence-corrected chi connectivity index (χ2v) is 3.65. The van der Waals surface area contributed by atoms with Crippen molar-refractivity contribution in [2.75, 3.05) is 5.73 Å². The van der Waals surface area contributed by atoms with E-state index in [4.69, 9.17) is 10.2 Å². The average Bonchev–Trinajstić information content (AvgIpc) is 2.74. The summed E-state index contributed by atoms with van der Waals surface area (Å²) in [6.07, 6.45) is 0.752. The van der Waals surface area contributed by atoms with Gasteiger partial charge in [0.05, 0.1) is 5.52 Å². The minimum atomic E-state index is 0.428. The summed E-state index contributed by atoms with van der Waals surface area (Å²) in [5.74, 6) is 1.12. The van der Waals surface area contributed by atoms with E-state index >= 15 is 0 Å². The fourth-order valence-corrected chi connectivity index (χ4v) is 1.82. The van der Waals surface area contributed by atoms with E-state index in [0.29, 0.717) is 17.2 Å². The second kappa shape index (κ2) is 3.20. The van der Waals surface area contributed by atoms with Crippen molar-refractivity contribution in [3.05, 3.63) is 30.2 Å². The number of oxazole rings is 1. The first kappa shape index (κ1) is 9.15. The molecule has 0 saturated carbocycles. The van der Waals surface area contributed by atoms with Gasteiger partial charge in [-0.3, -0.25) is 0 Å². The van der Waals surface area contributed by atoms with Gasteiger partial charge in [0.25, 0.3) is 0 Å². The van der Waals surface area contributed by atoms with Crippen molar-refractivity contribution in [3.8, 4) is 0 Å². The molecule has 4 heteroatoms. The summed E-state index contributed by atoms with van der Waals surface area (Å²) in [6, 6.07) is 7.76. The summed E-state index contributed by atoms with van der Waals surface area (Å²) in [6.45, 7) is 2.00. The highest BCUT2D eigenvalue weighted by molar-refractivity contribution is 6.04. The summed E-state index contributed by atoms with van der Waals surface area (Å²) in [5, 5.41) is 0.957. The number of nitrogens with two attached hydrogens (primary N) is 1. The number of para-hydroxylation sites is 1. The lowest BCUT2D eigenvalue weighted by Gasteiger charge is -1.98. The third-order valence-electron chi connectivity index (χ3n) is 2.61. The average molecular weight is 213 g/mol. The van der Waals surface area contributed by atoms with E-state index in [1.165, 1.54) is 0 Å². The predicted octanol–water partition coefficient (Wildman–Crippen LogP) is 2.52. The van der Waals surface area contributed by atoms with Crippen LogP contribution in [0, 0.1) is 0 Å². The van der Waals surface area contributed by atoms with Crippen LogP contribution in [0.2, 0.25) is 0 Å². The minimum Gasteiger partial charge on any atom is -0.440 e. The van der Waals surface area contributed by atoms with Crippen LogP contribution in [-0.4, -0.2) is 9.97 Å². The monoisotopic (exact) mass is 213 g/mol. The first-order chi connectivity index (χ1) is 7.79.